The molecule has 7 heteroatoms. The molecule has 6 rings (SSSR count). The highest BCUT2D eigenvalue weighted by atomic mass is 19.4. The first kappa shape index (κ1) is 22.5. The van der Waals surface area contributed by atoms with Gasteiger partial charge in [0.05, 0.1) is 16.2 Å². The molecule has 0 aromatic carbocycles. The second-order valence-electron chi connectivity index (χ2n) is 12.0. The monoisotopic (exact) mass is 454 g/mol. The smallest absolute Gasteiger partial charge is 0.353 e. The molecule has 2 unspecified atom stereocenters. The Morgan fingerprint density at radius 2 is 1.09 bits per heavy atom. The van der Waals surface area contributed by atoms with Crippen LogP contribution < -0.4 is 10.6 Å². The zero-order valence-corrected chi connectivity index (χ0v) is 19.0. The molecule has 4 nitrogen and oxygen atoms in total. The van der Waals surface area contributed by atoms with E-state index in [0.29, 0.717) is 12.8 Å². The van der Waals surface area contributed by atoms with E-state index in [-0.39, 0.29) is 55.5 Å². The minimum Gasteiger partial charge on any atom is -0.353 e. The molecule has 0 aromatic heterocycles. The molecule has 0 aromatic rings. The van der Waals surface area contributed by atoms with E-state index in [0.717, 1.165) is 64.2 Å². The lowest BCUT2D eigenvalue weighted by Gasteiger charge is -2.65. The standard InChI is InChI=1S/C25H37F3N2O2/c26-25(27,28)24-13-17-11-22(15-24,20(31)29-18-7-3-1-4-8-18)14-23(12-17,16-24)21(32)30-19-9-5-2-6-10-19/h17-19H,1-16H2,(H,29,31)(H,30,32). The number of hydrogen-bond acceptors (Lipinski definition) is 2. The van der Waals surface area contributed by atoms with Crippen molar-refractivity contribution in [2.45, 2.75) is 121 Å². The van der Waals surface area contributed by atoms with Crippen LogP contribution in [0.3, 0.4) is 0 Å². The van der Waals surface area contributed by atoms with Gasteiger partial charge in [-0.25, -0.2) is 0 Å². The molecule has 0 spiro atoms. The van der Waals surface area contributed by atoms with Gasteiger partial charge in [-0.05, 0) is 70.1 Å². The fourth-order valence-electron chi connectivity index (χ4n) is 8.43. The lowest BCUT2D eigenvalue weighted by molar-refractivity contribution is -0.294. The maximum Gasteiger partial charge on any atom is 0.394 e. The molecule has 2 N–H and O–H groups in total. The summed E-state index contributed by atoms with van der Waals surface area (Å²) in [5, 5.41) is 6.29. The van der Waals surface area contributed by atoms with Crippen LogP contribution in [0.1, 0.15) is 103 Å². The highest BCUT2D eigenvalue weighted by Crippen LogP contribution is 2.73. The summed E-state index contributed by atoms with van der Waals surface area (Å²) in [5.74, 6) is -0.629. The molecule has 6 fully saturated rings. The SMILES string of the molecule is O=C(NC1CCCCC1)C12CC3CC(C(=O)NC4CCCCC4)(C1)CC(C(F)(F)F)(C3)C2. The van der Waals surface area contributed by atoms with E-state index in [1.165, 1.54) is 0 Å². The maximum atomic E-state index is 14.5. The number of rotatable bonds is 4. The molecule has 6 saturated carbocycles. The number of hydrogen-bond donors (Lipinski definition) is 2. The van der Waals surface area contributed by atoms with Crippen molar-refractivity contribution < 1.29 is 22.8 Å². The van der Waals surface area contributed by atoms with Crippen molar-refractivity contribution in [3.8, 4) is 0 Å². The second kappa shape index (κ2) is 7.90. The Morgan fingerprint density at radius 3 is 1.50 bits per heavy atom. The average Bonchev–Trinajstić information content (AvgIpc) is 2.73. The Bertz CT molecular complexity index is 707. The number of carbonyl (C=O) groups excluding carboxylic acids is 2. The molecule has 4 bridgehead atoms. The topological polar surface area (TPSA) is 58.2 Å². The number of amides is 2. The molecule has 0 saturated heterocycles. The number of carbonyl (C=O) groups is 2. The van der Waals surface area contributed by atoms with E-state index in [9.17, 15) is 22.8 Å². The molecule has 0 heterocycles. The summed E-state index contributed by atoms with van der Waals surface area (Å²) < 4.78 is 43.6. The Labute approximate surface area is 188 Å². The van der Waals surface area contributed by atoms with Crippen LogP contribution in [-0.4, -0.2) is 30.1 Å². The first-order valence-corrected chi connectivity index (χ1v) is 12.8. The van der Waals surface area contributed by atoms with Crippen molar-refractivity contribution in [2.24, 2.45) is 22.2 Å². The van der Waals surface area contributed by atoms with E-state index in [4.69, 9.17) is 0 Å². The van der Waals surface area contributed by atoms with Gasteiger partial charge in [-0.2, -0.15) is 13.2 Å². The zero-order chi connectivity index (χ0) is 22.6. The van der Waals surface area contributed by atoms with Gasteiger partial charge in [0.2, 0.25) is 11.8 Å². The summed E-state index contributed by atoms with van der Waals surface area (Å²) >= 11 is 0. The second-order valence-corrected chi connectivity index (χ2v) is 12.0. The van der Waals surface area contributed by atoms with E-state index in [2.05, 4.69) is 10.6 Å². The normalized spacial score (nSPS) is 40.3. The van der Waals surface area contributed by atoms with Crippen LogP contribution in [0.25, 0.3) is 0 Å². The highest BCUT2D eigenvalue weighted by Gasteiger charge is 2.74. The lowest BCUT2D eigenvalue weighted by Crippen LogP contribution is -2.68. The molecule has 32 heavy (non-hydrogen) atoms. The van der Waals surface area contributed by atoms with E-state index < -0.39 is 22.4 Å². The van der Waals surface area contributed by atoms with Crippen molar-refractivity contribution in [3.63, 3.8) is 0 Å². The summed E-state index contributed by atoms with van der Waals surface area (Å²) in [6, 6.07) is 0.135. The van der Waals surface area contributed by atoms with Gasteiger partial charge in [-0.1, -0.05) is 38.5 Å². The van der Waals surface area contributed by atoms with Crippen LogP contribution in [0.2, 0.25) is 0 Å². The van der Waals surface area contributed by atoms with Crippen molar-refractivity contribution >= 4 is 11.8 Å². The minimum absolute atomic E-state index is 0.0677. The molecule has 6 aliphatic rings. The molecule has 180 valence electrons. The Hall–Kier alpha value is -1.27. The first-order chi connectivity index (χ1) is 15.2. The number of alkyl halides is 3. The fraction of sp³-hybridized carbons (Fsp3) is 0.920. The summed E-state index contributed by atoms with van der Waals surface area (Å²) in [5.41, 5.74) is -4.02. The van der Waals surface area contributed by atoms with E-state index >= 15 is 0 Å². The first-order valence-electron chi connectivity index (χ1n) is 12.8. The lowest BCUT2D eigenvalue weighted by atomic mass is 9.38. The van der Waals surface area contributed by atoms with Crippen molar-refractivity contribution in [1.82, 2.24) is 10.6 Å². The molecule has 0 radical (unpaired) electrons. The van der Waals surface area contributed by atoms with Crippen LogP contribution in [-0.2, 0) is 9.59 Å². The van der Waals surface area contributed by atoms with Crippen LogP contribution >= 0.6 is 0 Å². The zero-order valence-electron chi connectivity index (χ0n) is 19.0. The molecule has 2 atom stereocenters. The quantitative estimate of drug-likeness (QED) is 0.597. The largest absolute Gasteiger partial charge is 0.394 e. The van der Waals surface area contributed by atoms with Gasteiger partial charge in [0.1, 0.15) is 0 Å². The van der Waals surface area contributed by atoms with Crippen LogP contribution in [0, 0.1) is 22.2 Å². The van der Waals surface area contributed by atoms with Gasteiger partial charge in [-0.15, -0.1) is 0 Å². The summed E-state index contributed by atoms with van der Waals surface area (Å²) in [7, 11) is 0. The van der Waals surface area contributed by atoms with Crippen LogP contribution in [0.5, 0.6) is 0 Å². The molecular formula is C25H37F3N2O2. The predicted octanol–water partition coefficient (Wildman–Crippen LogP) is 5.40. The number of nitrogens with one attached hydrogen (secondary N) is 2. The van der Waals surface area contributed by atoms with Crippen molar-refractivity contribution in [1.29, 1.82) is 0 Å². The van der Waals surface area contributed by atoms with Gasteiger partial charge in [-0.3, -0.25) is 9.59 Å². The van der Waals surface area contributed by atoms with E-state index in [1.807, 2.05) is 0 Å². The van der Waals surface area contributed by atoms with Crippen molar-refractivity contribution in [3.05, 3.63) is 0 Å². The van der Waals surface area contributed by atoms with Gasteiger partial charge in [0.25, 0.3) is 0 Å². The third-order valence-corrected chi connectivity index (χ3v) is 9.51. The van der Waals surface area contributed by atoms with Crippen molar-refractivity contribution in [2.75, 3.05) is 0 Å². The van der Waals surface area contributed by atoms with Crippen LogP contribution in [0.15, 0.2) is 0 Å². The van der Waals surface area contributed by atoms with Gasteiger partial charge < -0.3 is 10.6 Å². The molecule has 2 amide bonds. The summed E-state index contributed by atoms with van der Waals surface area (Å²) in [6.45, 7) is 0. The van der Waals surface area contributed by atoms with Gasteiger partial charge in [0.15, 0.2) is 0 Å². The fourth-order valence-corrected chi connectivity index (χ4v) is 8.43. The summed E-state index contributed by atoms with van der Waals surface area (Å²) in [4.78, 5) is 27.2. The minimum atomic E-state index is -4.39. The van der Waals surface area contributed by atoms with Crippen LogP contribution in [0.4, 0.5) is 13.2 Å². The molecule has 6 aliphatic carbocycles. The van der Waals surface area contributed by atoms with Gasteiger partial charge >= 0.3 is 6.18 Å². The number of halogens is 3. The Kier molecular flexibility index (Phi) is 5.56. The third kappa shape index (κ3) is 3.75. The maximum absolute atomic E-state index is 14.5. The highest BCUT2D eigenvalue weighted by molar-refractivity contribution is 5.88. The van der Waals surface area contributed by atoms with E-state index in [1.54, 1.807) is 0 Å². The predicted molar refractivity (Wildman–Crippen MR) is 115 cm³/mol. The summed E-state index contributed by atoms with van der Waals surface area (Å²) in [6.07, 6.45) is 6.85. The molecule has 0 aliphatic heterocycles. The molecular weight excluding hydrogens is 417 g/mol. The average molecular weight is 455 g/mol. The Morgan fingerprint density at radius 1 is 0.656 bits per heavy atom. The van der Waals surface area contributed by atoms with Gasteiger partial charge in [0, 0.05) is 12.1 Å². The Balaban J connectivity index is 1.43. The third-order valence-electron chi connectivity index (χ3n) is 9.51.